The lowest BCUT2D eigenvalue weighted by molar-refractivity contribution is 0.359. The molecule has 1 aromatic carbocycles. The van der Waals surface area contributed by atoms with Crippen molar-refractivity contribution >= 4 is 5.95 Å². The number of halogens is 4. The van der Waals surface area contributed by atoms with Gasteiger partial charge in [-0.3, -0.25) is 4.98 Å². The van der Waals surface area contributed by atoms with Gasteiger partial charge in [0.1, 0.15) is 29.8 Å². The van der Waals surface area contributed by atoms with E-state index >= 15 is 0 Å². The Bertz CT molecular complexity index is 1420. The van der Waals surface area contributed by atoms with Crippen LogP contribution in [-0.2, 0) is 0 Å². The summed E-state index contributed by atoms with van der Waals surface area (Å²) in [5.74, 6) is -4.11. The van der Waals surface area contributed by atoms with Gasteiger partial charge >= 0.3 is 5.76 Å². The first kappa shape index (κ1) is 23.1. The second kappa shape index (κ2) is 9.08. The summed E-state index contributed by atoms with van der Waals surface area (Å²) < 4.78 is 63.3. The summed E-state index contributed by atoms with van der Waals surface area (Å²) in [6.07, 6.45) is 1.50. The maximum atomic E-state index is 14.9. The van der Waals surface area contributed by atoms with Crippen LogP contribution in [0.5, 0.6) is 0 Å². The summed E-state index contributed by atoms with van der Waals surface area (Å²) >= 11 is 0. The third-order valence-corrected chi connectivity index (χ3v) is 5.17. The molecular weight excluding hydrogens is 454 g/mol. The van der Waals surface area contributed by atoms with Crippen LogP contribution in [0.4, 0.5) is 23.5 Å². The molecule has 3 aromatic heterocycles. The van der Waals surface area contributed by atoms with Gasteiger partial charge in [-0.05, 0) is 50.6 Å². The van der Waals surface area contributed by atoms with Crippen molar-refractivity contribution in [1.82, 2.24) is 19.5 Å². The molecule has 0 amide bonds. The summed E-state index contributed by atoms with van der Waals surface area (Å²) in [4.78, 5) is 23.8. The number of hydrogen-bond donors (Lipinski definition) is 1. The lowest BCUT2D eigenvalue weighted by Crippen LogP contribution is -2.20. The van der Waals surface area contributed by atoms with Crippen LogP contribution in [0.1, 0.15) is 43.0 Å². The highest BCUT2D eigenvalue weighted by molar-refractivity contribution is 5.65. The third-order valence-electron chi connectivity index (χ3n) is 5.17. The van der Waals surface area contributed by atoms with Gasteiger partial charge in [-0.25, -0.2) is 31.9 Å². The van der Waals surface area contributed by atoms with E-state index in [2.05, 4.69) is 24.7 Å². The number of nitrogens with zero attached hydrogens (tertiary/aromatic N) is 4. The Morgan fingerprint density at radius 3 is 2.53 bits per heavy atom. The highest BCUT2D eigenvalue weighted by Gasteiger charge is 2.22. The van der Waals surface area contributed by atoms with E-state index in [1.54, 1.807) is 19.1 Å². The van der Waals surface area contributed by atoms with Crippen molar-refractivity contribution in [3.05, 3.63) is 87.9 Å². The van der Waals surface area contributed by atoms with Crippen molar-refractivity contribution < 1.29 is 22.0 Å². The van der Waals surface area contributed by atoms with Gasteiger partial charge in [-0.15, -0.1) is 0 Å². The minimum Gasteiger partial charge on any atom is -0.416 e. The van der Waals surface area contributed by atoms with Gasteiger partial charge in [0, 0.05) is 23.0 Å². The Morgan fingerprint density at radius 1 is 1.06 bits per heavy atom. The first-order valence-electron chi connectivity index (χ1n) is 10.2. The van der Waals surface area contributed by atoms with Gasteiger partial charge in [0.05, 0.1) is 12.2 Å². The van der Waals surface area contributed by atoms with E-state index in [4.69, 9.17) is 0 Å². The van der Waals surface area contributed by atoms with Crippen LogP contribution < -0.4 is 11.1 Å². The molecule has 2 atom stereocenters. The first-order chi connectivity index (χ1) is 16.2. The van der Waals surface area contributed by atoms with Crippen LogP contribution >= 0.6 is 0 Å². The van der Waals surface area contributed by atoms with Crippen molar-refractivity contribution in [2.45, 2.75) is 33.0 Å². The monoisotopic (exact) mass is 473 g/mol. The van der Waals surface area contributed by atoms with Gasteiger partial charge in [0.15, 0.2) is 11.6 Å². The van der Waals surface area contributed by atoms with E-state index in [1.165, 1.54) is 13.1 Å². The van der Waals surface area contributed by atoms with E-state index in [0.29, 0.717) is 15.8 Å². The number of alkyl halides is 1. The molecule has 0 spiro atoms. The van der Waals surface area contributed by atoms with E-state index in [9.17, 15) is 22.4 Å². The minimum absolute atomic E-state index is 0.0277. The van der Waals surface area contributed by atoms with Gasteiger partial charge in [0.2, 0.25) is 5.95 Å². The number of aryl methyl sites for hydroxylation is 1. The van der Waals surface area contributed by atoms with Crippen LogP contribution in [0.25, 0.3) is 16.9 Å². The molecule has 3 heterocycles. The van der Waals surface area contributed by atoms with Crippen LogP contribution in [0.2, 0.25) is 0 Å². The van der Waals surface area contributed by atoms with E-state index in [0.717, 1.165) is 31.5 Å². The number of anilines is 1. The highest BCUT2D eigenvalue weighted by atomic mass is 19.1. The molecule has 0 aliphatic heterocycles. The fourth-order valence-electron chi connectivity index (χ4n) is 3.49. The van der Waals surface area contributed by atoms with E-state index in [1.807, 2.05) is 0 Å². The van der Waals surface area contributed by atoms with Crippen molar-refractivity contribution in [2.24, 2.45) is 0 Å². The topological polar surface area (TPSA) is 85.8 Å². The van der Waals surface area contributed by atoms with Crippen molar-refractivity contribution in [2.75, 3.05) is 5.32 Å². The van der Waals surface area contributed by atoms with Crippen LogP contribution in [0, 0.1) is 24.4 Å². The summed E-state index contributed by atoms with van der Waals surface area (Å²) in [6.45, 7) is 4.42. The predicted molar refractivity (Wildman–Crippen MR) is 116 cm³/mol. The molecule has 34 heavy (non-hydrogen) atoms. The molecule has 0 aliphatic rings. The zero-order chi connectivity index (χ0) is 24.6. The number of aromatic nitrogens is 4. The molecular formula is C23H19F4N5O2. The number of benzene rings is 1. The molecule has 4 aromatic rings. The predicted octanol–water partition coefficient (Wildman–Crippen LogP) is 5.21. The standard InChI is InChI=1S/C23H19F4N5O2/c1-11-6-14(4-5-28-11)16-8-17(25)15(7-18(16)26)13(3)30-22-29-9-19(27)21(31-22)32-20(12(2)24)10-34-23(32)33/h4-10,12-13H,1-3H3,(H,29,30,31)/t12-,13-/m0/s1. The zero-order valence-electron chi connectivity index (χ0n) is 18.3. The minimum atomic E-state index is -1.64. The lowest BCUT2D eigenvalue weighted by Gasteiger charge is -2.17. The van der Waals surface area contributed by atoms with Crippen molar-refractivity contribution in [1.29, 1.82) is 0 Å². The molecule has 176 valence electrons. The number of oxazole rings is 1. The molecule has 0 fully saturated rings. The SMILES string of the molecule is Cc1cc(-c2cc(F)c([C@H](C)Nc3ncc(F)c(-n4c([C@H](C)F)coc4=O)n3)cc2F)ccn1. The second-order valence-corrected chi connectivity index (χ2v) is 7.65. The Morgan fingerprint density at radius 2 is 1.82 bits per heavy atom. The summed E-state index contributed by atoms with van der Waals surface area (Å²) in [6, 6.07) is 4.49. The Labute approximate surface area is 191 Å². The van der Waals surface area contributed by atoms with Crippen LogP contribution in [0.15, 0.2) is 52.1 Å². The van der Waals surface area contributed by atoms with Gasteiger partial charge in [-0.2, -0.15) is 4.98 Å². The number of pyridine rings is 1. The second-order valence-electron chi connectivity index (χ2n) is 7.65. The number of nitrogens with one attached hydrogen (secondary N) is 1. The molecule has 0 radical (unpaired) electrons. The average molecular weight is 473 g/mol. The Balaban J connectivity index is 1.66. The molecule has 0 saturated carbocycles. The van der Waals surface area contributed by atoms with Gasteiger partial charge in [-0.1, -0.05) is 0 Å². The molecule has 0 saturated heterocycles. The average Bonchev–Trinajstić information content (AvgIpc) is 3.17. The normalized spacial score (nSPS) is 13.0. The molecule has 0 bridgehead atoms. The van der Waals surface area contributed by atoms with E-state index in [-0.39, 0.29) is 22.8 Å². The molecule has 0 aliphatic carbocycles. The molecule has 7 nitrogen and oxygen atoms in total. The summed E-state index contributed by atoms with van der Waals surface area (Å²) in [5, 5.41) is 2.75. The lowest BCUT2D eigenvalue weighted by atomic mass is 10.00. The maximum Gasteiger partial charge on any atom is 0.425 e. The summed E-state index contributed by atoms with van der Waals surface area (Å²) in [7, 11) is 0. The fraction of sp³-hybridized carbons (Fsp3) is 0.217. The largest absolute Gasteiger partial charge is 0.425 e. The zero-order valence-corrected chi connectivity index (χ0v) is 18.3. The fourth-order valence-corrected chi connectivity index (χ4v) is 3.49. The molecule has 4 rings (SSSR count). The third kappa shape index (κ3) is 4.41. The Kier molecular flexibility index (Phi) is 6.18. The summed E-state index contributed by atoms with van der Waals surface area (Å²) in [5.41, 5.74) is 0.942. The number of hydrogen-bond acceptors (Lipinski definition) is 6. The quantitative estimate of drug-likeness (QED) is 0.387. The van der Waals surface area contributed by atoms with Crippen LogP contribution in [-0.4, -0.2) is 19.5 Å². The molecule has 11 heteroatoms. The Hall–Kier alpha value is -4.02. The van der Waals surface area contributed by atoms with Crippen LogP contribution in [0.3, 0.4) is 0 Å². The highest BCUT2D eigenvalue weighted by Crippen LogP contribution is 2.29. The smallest absolute Gasteiger partial charge is 0.416 e. The molecule has 1 N–H and O–H groups in total. The van der Waals surface area contributed by atoms with Crippen molar-refractivity contribution in [3.63, 3.8) is 0 Å². The van der Waals surface area contributed by atoms with E-state index < -0.39 is 41.2 Å². The van der Waals surface area contributed by atoms with Crippen molar-refractivity contribution in [3.8, 4) is 16.9 Å². The first-order valence-corrected chi connectivity index (χ1v) is 10.2. The van der Waals surface area contributed by atoms with Gasteiger partial charge in [0.25, 0.3) is 0 Å². The maximum absolute atomic E-state index is 14.9. The van der Waals surface area contributed by atoms with Gasteiger partial charge < -0.3 is 9.73 Å². The molecule has 0 unspecified atom stereocenters. The number of rotatable bonds is 6.